The lowest BCUT2D eigenvalue weighted by molar-refractivity contribution is 0.234. The number of halogens is 2. The number of anilines is 3. The fourth-order valence-corrected chi connectivity index (χ4v) is 5.28. The number of hydrogen-bond donors (Lipinski definition) is 1. The van der Waals surface area contributed by atoms with E-state index >= 15 is 4.39 Å². The van der Waals surface area contributed by atoms with Crippen LogP contribution >= 0.6 is 0 Å². The van der Waals surface area contributed by atoms with Gasteiger partial charge in [0.25, 0.3) is 5.56 Å². The van der Waals surface area contributed by atoms with E-state index in [4.69, 9.17) is 0 Å². The second-order valence-corrected chi connectivity index (χ2v) is 10.9. The van der Waals surface area contributed by atoms with Crippen molar-refractivity contribution in [3.05, 3.63) is 64.1 Å². The minimum Gasteiger partial charge on any atom is -0.379 e. The van der Waals surface area contributed by atoms with Gasteiger partial charge in [0, 0.05) is 101 Å². The molecular formula is C29H38F2N8O. The van der Waals surface area contributed by atoms with Gasteiger partial charge in [0.15, 0.2) is 0 Å². The van der Waals surface area contributed by atoms with Crippen LogP contribution in [0.4, 0.5) is 26.1 Å². The number of aryl methyl sites for hydroxylation is 1. The van der Waals surface area contributed by atoms with Crippen molar-refractivity contribution in [3.8, 4) is 11.1 Å². The Hall–Kier alpha value is -3.57. The maximum atomic E-state index is 15.7. The molecule has 2 aliphatic heterocycles. The average molecular weight is 553 g/mol. The minimum absolute atomic E-state index is 0.257. The van der Waals surface area contributed by atoms with Crippen LogP contribution in [0, 0.1) is 5.82 Å². The van der Waals surface area contributed by atoms with Crippen LogP contribution in [0.1, 0.15) is 18.1 Å². The third-order valence-electron chi connectivity index (χ3n) is 8.14. The maximum Gasteiger partial charge on any atom is 0.250 e. The standard InChI is InChI=1S/C29H38F2N8O/c1-20-18-39(10-7-36(20)3)27-13-25(31)24(22-15-33-29(34-16-22)38-8-5-35(2)6-9-38)12-26(27)32-17-23-19-37(4)28(40)11-21(23)14-30/h11-13,15-16,19-20,32H,5-10,14,17-18H2,1-4H3/t20-/m0/s1. The van der Waals surface area contributed by atoms with E-state index in [1.165, 1.54) is 10.6 Å². The molecule has 214 valence electrons. The molecule has 40 heavy (non-hydrogen) atoms. The van der Waals surface area contributed by atoms with Gasteiger partial charge in [0.05, 0.1) is 11.4 Å². The van der Waals surface area contributed by atoms with Crippen molar-refractivity contribution in [2.75, 3.05) is 75.0 Å². The largest absolute Gasteiger partial charge is 0.379 e. The Bertz CT molecular complexity index is 1390. The first kappa shape index (κ1) is 28.0. The average Bonchev–Trinajstić information content (AvgIpc) is 2.96. The lowest BCUT2D eigenvalue weighted by Crippen LogP contribution is -2.50. The van der Waals surface area contributed by atoms with E-state index in [9.17, 15) is 9.18 Å². The Labute approximate surface area is 234 Å². The van der Waals surface area contributed by atoms with Crippen molar-refractivity contribution in [3.63, 3.8) is 0 Å². The highest BCUT2D eigenvalue weighted by molar-refractivity contribution is 5.78. The van der Waals surface area contributed by atoms with Crippen LogP contribution in [0.5, 0.6) is 0 Å². The number of rotatable bonds is 7. The summed E-state index contributed by atoms with van der Waals surface area (Å²) < 4.78 is 30.9. The molecule has 2 fully saturated rings. The molecule has 0 saturated carbocycles. The summed E-state index contributed by atoms with van der Waals surface area (Å²) >= 11 is 0. The number of benzene rings is 1. The number of nitrogens with one attached hydrogen (secondary N) is 1. The summed E-state index contributed by atoms with van der Waals surface area (Å²) in [6.45, 7) is 7.66. The van der Waals surface area contributed by atoms with Gasteiger partial charge in [0.2, 0.25) is 5.95 Å². The number of hydrogen-bond acceptors (Lipinski definition) is 8. The van der Waals surface area contributed by atoms with Crippen LogP contribution in [0.2, 0.25) is 0 Å². The molecule has 0 amide bonds. The second kappa shape index (κ2) is 11.9. The number of piperazine rings is 2. The summed E-state index contributed by atoms with van der Waals surface area (Å²) in [6.07, 6.45) is 5.00. The van der Waals surface area contributed by atoms with Crippen LogP contribution in [-0.2, 0) is 20.3 Å². The summed E-state index contributed by atoms with van der Waals surface area (Å²) in [5, 5.41) is 3.42. The minimum atomic E-state index is -0.735. The van der Waals surface area contributed by atoms with E-state index in [0.29, 0.717) is 34.2 Å². The first-order valence-electron chi connectivity index (χ1n) is 13.8. The maximum absolute atomic E-state index is 15.7. The highest BCUT2D eigenvalue weighted by Gasteiger charge is 2.25. The Morgan fingerprint density at radius 1 is 0.950 bits per heavy atom. The predicted molar refractivity (Wildman–Crippen MR) is 155 cm³/mol. The molecule has 2 aromatic heterocycles. The Balaban J connectivity index is 1.47. The number of likely N-dealkylation sites (N-methyl/N-ethyl adjacent to an activating group) is 2. The quantitative estimate of drug-likeness (QED) is 0.480. The lowest BCUT2D eigenvalue weighted by atomic mass is 10.0. The van der Waals surface area contributed by atoms with Gasteiger partial charge in [-0.3, -0.25) is 4.79 Å². The van der Waals surface area contributed by atoms with E-state index in [1.807, 2.05) is 0 Å². The first-order chi connectivity index (χ1) is 19.2. The molecule has 3 aromatic rings. The van der Waals surface area contributed by atoms with Crippen molar-refractivity contribution in [2.45, 2.75) is 26.2 Å². The fourth-order valence-electron chi connectivity index (χ4n) is 5.28. The van der Waals surface area contributed by atoms with E-state index < -0.39 is 6.67 Å². The van der Waals surface area contributed by atoms with E-state index in [2.05, 4.69) is 55.9 Å². The van der Waals surface area contributed by atoms with Crippen molar-refractivity contribution in [1.82, 2.24) is 24.3 Å². The Morgan fingerprint density at radius 3 is 2.33 bits per heavy atom. The number of pyridine rings is 1. The second-order valence-electron chi connectivity index (χ2n) is 10.9. The van der Waals surface area contributed by atoms with Crippen molar-refractivity contribution in [2.24, 2.45) is 7.05 Å². The zero-order valence-corrected chi connectivity index (χ0v) is 23.7. The fraction of sp³-hybridized carbons (Fsp3) is 0.483. The summed E-state index contributed by atoms with van der Waals surface area (Å²) in [4.78, 5) is 30.0. The third kappa shape index (κ3) is 5.95. The summed E-state index contributed by atoms with van der Waals surface area (Å²) in [6, 6.07) is 5.00. The van der Waals surface area contributed by atoms with E-state index in [0.717, 1.165) is 57.2 Å². The molecule has 1 atom stereocenters. The number of nitrogens with zero attached hydrogens (tertiary/aromatic N) is 7. The Kier molecular flexibility index (Phi) is 8.32. The molecule has 5 rings (SSSR count). The van der Waals surface area contributed by atoms with Crippen LogP contribution in [0.25, 0.3) is 11.1 Å². The highest BCUT2D eigenvalue weighted by Crippen LogP contribution is 2.35. The molecule has 11 heteroatoms. The monoisotopic (exact) mass is 552 g/mol. The Morgan fingerprint density at radius 2 is 1.65 bits per heavy atom. The molecule has 0 aliphatic carbocycles. The molecular weight excluding hydrogens is 514 g/mol. The van der Waals surface area contributed by atoms with Crippen LogP contribution in [-0.4, -0.2) is 90.3 Å². The van der Waals surface area contributed by atoms with Crippen molar-refractivity contribution >= 4 is 17.3 Å². The summed E-state index contributed by atoms with van der Waals surface area (Å²) in [5.41, 5.74) is 3.23. The topological polar surface area (TPSA) is 72.8 Å². The molecule has 0 radical (unpaired) electrons. The zero-order chi connectivity index (χ0) is 28.4. The molecule has 2 saturated heterocycles. The first-order valence-corrected chi connectivity index (χ1v) is 13.8. The van der Waals surface area contributed by atoms with Crippen molar-refractivity contribution < 1.29 is 8.78 Å². The van der Waals surface area contributed by atoms with Gasteiger partial charge in [0.1, 0.15) is 12.5 Å². The summed E-state index contributed by atoms with van der Waals surface area (Å²) in [5.74, 6) is 0.293. The van der Waals surface area contributed by atoms with Gasteiger partial charge >= 0.3 is 0 Å². The van der Waals surface area contributed by atoms with Crippen LogP contribution < -0.4 is 20.7 Å². The molecule has 4 heterocycles. The normalized spacial score (nSPS) is 18.8. The molecule has 1 aromatic carbocycles. The van der Waals surface area contributed by atoms with E-state index in [-0.39, 0.29) is 17.9 Å². The molecule has 2 aliphatic rings. The lowest BCUT2D eigenvalue weighted by Gasteiger charge is -2.40. The number of alkyl halides is 1. The van der Waals surface area contributed by atoms with Gasteiger partial charge in [-0.1, -0.05) is 0 Å². The van der Waals surface area contributed by atoms with Crippen LogP contribution in [0.15, 0.2) is 41.6 Å². The summed E-state index contributed by atoms with van der Waals surface area (Å²) in [7, 11) is 5.83. The van der Waals surface area contributed by atoms with Gasteiger partial charge < -0.3 is 29.5 Å². The van der Waals surface area contributed by atoms with Gasteiger partial charge in [-0.25, -0.2) is 18.7 Å². The van der Waals surface area contributed by atoms with Crippen LogP contribution in [0.3, 0.4) is 0 Å². The molecule has 0 bridgehead atoms. The zero-order valence-electron chi connectivity index (χ0n) is 23.7. The molecule has 0 unspecified atom stereocenters. The molecule has 9 nitrogen and oxygen atoms in total. The van der Waals surface area contributed by atoms with Gasteiger partial charge in [-0.05, 0) is 44.3 Å². The van der Waals surface area contributed by atoms with Gasteiger partial charge in [-0.2, -0.15) is 0 Å². The highest BCUT2D eigenvalue weighted by atomic mass is 19.1. The third-order valence-corrected chi connectivity index (χ3v) is 8.14. The molecule has 1 N–H and O–H groups in total. The van der Waals surface area contributed by atoms with Gasteiger partial charge in [-0.15, -0.1) is 0 Å². The predicted octanol–water partition coefficient (Wildman–Crippen LogP) is 2.96. The smallest absolute Gasteiger partial charge is 0.250 e. The number of aromatic nitrogens is 3. The van der Waals surface area contributed by atoms with E-state index in [1.54, 1.807) is 37.8 Å². The van der Waals surface area contributed by atoms with Crippen molar-refractivity contribution in [1.29, 1.82) is 0 Å². The molecule has 0 spiro atoms. The SMILES string of the molecule is C[C@H]1CN(c2cc(F)c(-c3cnc(N4CCN(C)CC4)nc3)cc2NCc2cn(C)c(=O)cc2CF)CCN1C.